The molecule has 2 aromatic heterocycles. The van der Waals surface area contributed by atoms with Crippen LogP contribution in [0.4, 0.5) is 5.69 Å². The summed E-state index contributed by atoms with van der Waals surface area (Å²) >= 11 is 5.93. The minimum absolute atomic E-state index is 0.179. The Morgan fingerprint density at radius 3 is 2.72 bits per heavy atom. The van der Waals surface area contributed by atoms with Crippen molar-refractivity contribution >= 4 is 23.2 Å². The number of benzene rings is 2. The number of aromatic nitrogens is 3. The number of hydrogen-bond donors (Lipinski definition) is 1. The van der Waals surface area contributed by atoms with Crippen molar-refractivity contribution in [1.82, 2.24) is 14.9 Å². The van der Waals surface area contributed by atoms with E-state index in [-0.39, 0.29) is 18.2 Å². The largest absolute Gasteiger partial charge is 0.488 e. The van der Waals surface area contributed by atoms with Crippen LogP contribution in [0.15, 0.2) is 59.4 Å². The molecule has 0 fully saturated rings. The molecule has 0 unspecified atom stereocenters. The maximum atomic E-state index is 12.8. The molecule has 0 aliphatic carbocycles. The van der Waals surface area contributed by atoms with E-state index in [1.54, 1.807) is 24.0 Å². The van der Waals surface area contributed by atoms with Crippen molar-refractivity contribution in [1.29, 1.82) is 0 Å². The van der Waals surface area contributed by atoms with Crippen molar-refractivity contribution in [2.75, 3.05) is 5.32 Å². The number of halogens is 1. The van der Waals surface area contributed by atoms with E-state index in [0.29, 0.717) is 28.6 Å². The zero-order valence-electron chi connectivity index (χ0n) is 18.1. The van der Waals surface area contributed by atoms with Gasteiger partial charge >= 0.3 is 0 Å². The van der Waals surface area contributed by atoms with E-state index in [0.717, 1.165) is 22.4 Å². The standard InChI is InChI=1S/C24H23ClN4O3/c1-15-5-4-6-22(16(15)2)31-14-21-17(3)32-28-23(21)24(30)27-20-11-26-29(13-20)12-18-7-9-19(25)10-8-18/h4-11,13H,12,14H2,1-3H3,(H,27,30). The van der Waals surface area contributed by atoms with Crippen molar-refractivity contribution < 1.29 is 14.1 Å². The van der Waals surface area contributed by atoms with Crippen LogP contribution in [0.3, 0.4) is 0 Å². The van der Waals surface area contributed by atoms with Crippen molar-refractivity contribution in [3.8, 4) is 5.75 Å². The third-order valence-corrected chi connectivity index (χ3v) is 5.53. The number of carbonyl (C=O) groups excluding carboxylic acids is 1. The molecule has 1 amide bonds. The molecule has 0 saturated carbocycles. The molecular weight excluding hydrogens is 428 g/mol. The number of hydrogen-bond acceptors (Lipinski definition) is 5. The third kappa shape index (κ3) is 4.84. The van der Waals surface area contributed by atoms with Gasteiger partial charge in [0.05, 0.1) is 24.0 Å². The van der Waals surface area contributed by atoms with Crippen molar-refractivity contribution in [3.05, 3.63) is 93.6 Å². The summed E-state index contributed by atoms with van der Waals surface area (Å²) < 4.78 is 13.0. The normalized spacial score (nSPS) is 10.9. The summed E-state index contributed by atoms with van der Waals surface area (Å²) in [6.45, 7) is 6.53. The average Bonchev–Trinajstić information content (AvgIpc) is 3.37. The minimum Gasteiger partial charge on any atom is -0.488 e. The predicted molar refractivity (Wildman–Crippen MR) is 122 cm³/mol. The van der Waals surface area contributed by atoms with E-state index in [9.17, 15) is 4.79 Å². The zero-order chi connectivity index (χ0) is 22.7. The maximum absolute atomic E-state index is 12.8. The number of amides is 1. The van der Waals surface area contributed by atoms with E-state index < -0.39 is 0 Å². The van der Waals surface area contributed by atoms with E-state index >= 15 is 0 Å². The molecule has 8 heteroatoms. The fourth-order valence-corrected chi connectivity index (χ4v) is 3.38. The Labute approximate surface area is 190 Å². The van der Waals surface area contributed by atoms with Crippen LogP contribution in [0.2, 0.25) is 5.02 Å². The van der Waals surface area contributed by atoms with Gasteiger partial charge in [0.1, 0.15) is 18.1 Å². The molecule has 32 heavy (non-hydrogen) atoms. The monoisotopic (exact) mass is 450 g/mol. The number of ether oxygens (including phenoxy) is 1. The van der Waals surface area contributed by atoms with Gasteiger partial charge in [0.25, 0.3) is 5.91 Å². The molecule has 0 radical (unpaired) electrons. The first kappa shape index (κ1) is 21.6. The van der Waals surface area contributed by atoms with Gasteiger partial charge in [-0.15, -0.1) is 0 Å². The van der Waals surface area contributed by atoms with Gasteiger partial charge in [-0.2, -0.15) is 5.10 Å². The fourth-order valence-electron chi connectivity index (χ4n) is 3.25. The number of carbonyl (C=O) groups is 1. The van der Waals surface area contributed by atoms with Gasteiger partial charge in [0, 0.05) is 11.2 Å². The second kappa shape index (κ2) is 9.28. The second-order valence-electron chi connectivity index (χ2n) is 7.56. The summed E-state index contributed by atoms with van der Waals surface area (Å²) in [4.78, 5) is 12.8. The van der Waals surface area contributed by atoms with Crippen molar-refractivity contribution in [3.63, 3.8) is 0 Å². The first-order valence-corrected chi connectivity index (χ1v) is 10.5. The molecule has 0 aliphatic heterocycles. The molecule has 0 bridgehead atoms. The maximum Gasteiger partial charge on any atom is 0.278 e. The summed E-state index contributed by atoms with van der Waals surface area (Å²) in [5.41, 5.74) is 4.61. The SMILES string of the molecule is Cc1cccc(OCc2c(C(=O)Nc3cnn(Cc4ccc(Cl)cc4)c3)noc2C)c1C. The van der Waals surface area contributed by atoms with E-state index in [2.05, 4.69) is 15.6 Å². The second-order valence-corrected chi connectivity index (χ2v) is 8.00. The highest BCUT2D eigenvalue weighted by atomic mass is 35.5. The minimum atomic E-state index is -0.382. The van der Waals surface area contributed by atoms with E-state index in [1.165, 1.54) is 0 Å². The van der Waals surface area contributed by atoms with Gasteiger partial charge in [0.2, 0.25) is 0 Å². The number of aryl methyl sites for hydroxylation is 2. The Morgan fingerprint density at radius 2 is 1.94 bits per heavy atom. The molecule has 1 N–H and O–H groups in total. The van der Waals surface area contributed by atoms with Crippen LogP contribution in [0.25, 0.3) is 0 Å². The Kier molecular flexibility index (Phi) is 6.28. The lowest BCUT2D eigenvalue weighted by atomic mass is 10.1. The first-order chi connectivity index (χ1) is 15.4. The van der Waals surface area contributed by atoms with Gasteiger partial charge < -0.3 is 14.6 Å². The number of rotatable bonds is 7. The highest BCUT2D eigenvalue weighted by molar-refractivity contribution is 6.30. The molecule has 7 nitrogen and oxygen atoms in total. The topological polar surface area (TPSA) is 82.2 Å². The predicted octanol–water partition coefficient (Wildman–Crippen LogP) is 5.33. The molecule has 4 rings (SSSR count). The summed E-state index contributed by atoms with van der Waals surface area (Å²) in [5.74, 6) is 0.923. The van der Waals surface area contributed by atoms with E-state index in [1.807, 2.05) is 56.3 Å². The Hall–Kier alpha value is -3.58. The molecule has 0 spiro atoms. The number of nitrogens with zero attached hydrogens (tertiary/aromatic N) is 3. The summed E-state index contributed by atoms with van der Waals surface area (Å²) in [7, 11) is 0. The highest BCUT2D eigenvalue weighted by Gasteiger charge is 2.21. The molecule has 4 aromatic rings. The fraction of sp³-hybridized carbons (Fsp3) is 0.208. The quantitative estimate of drug-likeness (QED) is 0.411. The molecule has 0 atom stereocenters. The average molecular weight is 451 g/mol. The van der Waals surface area contributed by atoms with Crippen LogP contribution < -0.4 is 10.1 Å². The molecule has 2 heterocycles. The van der Waals surface area contributed by atoms with Gasteiger partial charge in [-0.05, 0) is 55.7 Å². The van der Waals surface area contributed by atoms with Gasteiger partial charge in [-0.3, -0.25) is 9.48 Å². The van der Waals surface area contributed by atoms with Gasteiger partial charge in [0.15, 0.2) is 5.69 Å². The first-order valence-electron chi connectivity index (χ1n) is 10.1. The van der Waals surface area contributed by atoms with Gasteiger partial charge in [-0.1, -0.05) is 41.0 Å². The molecule has 2 aromatic carbocycles. The lowest BCUT2D eigenvalue weighted by Gasteiger charge is -2.11. The summed E-state index contributed by atoms with van der Waals surface area (Å²) in [6.07, 6.45) is 3.35. The smallest absolute Gasteiger partial charge is 0.278 e. The zero-order valence-corrected chi connectivity index (χ0v) is 18.8. The van der Waals surface area contributed by atoms with Crippen molar-refractivity contribution in [2.45, 2.75) is 33.9 Å². The van der Waals surface area contributed by atoms with Crippen LogP contribution in [0.1, 0.15) is 38.5 Å². The lowest BCUT2D eigenvalue weighted by Crippen LogP contribution is -2.15. The number of anilines is 1. The van der Waals surface area contributed by atoms with Crippen molar-refractivity contribution in [2.24, 2.45) is 0 Å². The highest BCUT2D eigenvalue weighted by Crippen LogP contribution is 2.24. The summed E-state index contributed by atoms with van der Waals surface area (Å²) in [6, 6.07) is 13.4. The van der Waals surface area contributed by atoms with E-state index in [4.69, 9.17) is 20.9 Å². The Balaban J connectivity index is 1.43. The van der Waals surface area contributed by atoms with Crippen LogP contribution in [0, 0.1) is 20.8 Å². The Morgan fingerprint density at radius 1 is 1.16 bits per heavy atom. The molecule has 0 saturated heterocycles. The molecular formula is C24H23ClN4O3. The van der Waals surface area contributed by atoms with Crippen LogP contribution in [-0.4, -0.2) is 20.8 Å². The summed E-state index contributed by atoms with van der Waals surface area (Å²) in [5, 5.41) is 11.8. The van der Waals surface area contributed by atoms with Gasteiger partial charge in [-0.25, -0.2) is 0 Å². The van der Waals surface area contributed by atoms with Crippen LogP contribution >= 0.6 is 11.6 Å². The third-order valence-electron chi connectivity index (χ3n) is 5.28. The molecule has 164 valence electrons. The Bertz CT molecular complexity index is 1240. The number of nitrogens with one attached hydrogen (secondary N) is 1. The molecule has 0 aliphatic rings. The van der Waals surface area contributed by atoms with Crippen LogP contribution in [-0.2, 0) is 13.2 Å². The lowest BCUT2D eigenvalue weighted by molar-refractivity contribution is 0.101. The van der Waals surface area contributed by atoms with Crippen LogP contribution in [0.5, 0.6) is 5.75 Å².